The van der Waals surface area contributed by atoms with Gasteiger partial charge in [0, 0.05) is 23.7 Å². The summed E-state index contributed by atoms with van der Waals surface area (Å²) < 4.78 is 2.01. The molecule has 19 heavy (non-hydrogen) atoms. The molecule has 0 radical (unpaired) electrons. The molecule has 1 aliphatic carbocycles. The molecule has 0 saturated heterocycles. The number of nitrogens with one attached hydrogen (secondary N) is 1. The van der Waals surface area contributed by atoms with Gasteiger partial charge in [-0.25, -0.2) is 4.98 Å². The van der Waals surface area contributed by atoms with Crippen LogP contribution < -0.4 is 5.32 Å². The van der Waals surface area contributed by atoms with E-state index in [1.165, 1.54) is 32.1 Å². The summed E-state index contributed by atoms with van der Waals surface area (Å²) in [4.78, 5) is 4.34. The number of hydrogen-bond donors (Lipinski definition) is 1. The van der Waals surface area contributed by atoms with E-state index in [0.29, 0.717) is 0 Å². The van der Waals surface area contributed by atoms with Crippen LogP contribution in [0, 0.1) is 6.92 Å². The lowest BCUT2D eigenvalue weighted by Crippen LogP contribution is -2.47. The molecule has 0 aromatic carbocycles. The molecule has 0 bridgehead atoms. The number of aryl methyl sites for hydroxylation is 1. The van der Waals surface area contributed by atoms with Gasteiger partial charge in [0.15, 0.2) is 5.65 Å². The highest BCUT2D eigenvalue weighted by Crippen LogP contribution is 2.30. The van der Waals surface area contributed by atoms with Crippen LogP contribution in [0.4, 0.5) is 0 Å². The number of rotatable bonds is 3. The summed E-state index contributed by atoms with van der Waals surface area (Å²) in [5.74, 6) is 1.01. The van der Waals surface area contributed by atoms with Crippen LogP contribution in [0.3, 0.4) is 0 Å². The molecular formula is C14H21N5. The average molecular weight is 259 g/mol. The fourth-order valence-corrected chi connectivity index (χ4v) is 3.10. The normalized spacial score (nSPS) is 18.8. The second-order valence-electron chi connectivity index (χ2n) is 5.64. The smallest absolute Gasteiger partial charge is 0.163 e. The molecule has 5 nitrogen and oxygen atoms in total. The predicted octanol–water partition coefficient (Wildman–Crippen LogP) is 1.90. The molecule has 2 heterocycles. The minimum atomic E-state index is 0.187. The Balaban J connectivity index is 1.91. The van der Waals surface area contributed by atoms with E-state index in [0.717, 1.165) is 23.6 Å². The summed E-state index contributed by atoms with van der Waals surface area (Å²) in [6.45, 7) is 1.98. The zero-order chi connectivity index (χ0) is 13.3. The topological polar surface area (TPSA) is 55.1 Å². The highest BCUT2D eigenvalue weighted by atomic mass is 15.3. The van der Waals surface area contributed by atoms with E-state index < -0.39 is 0 Å². The van der Waals surface area contributed by atoms with E-state index in [4.69, 9.17) is 0 Å². The monoisotopic (exact) mass is 259 g/mol. The number of aromatic nitrogens is 4. The Hall–Kier alpha value is -1.49. The highest BCUT2D eigenvalue weighted by molar-refractivity contribution is 5.38. The molecule has 0 aliphatic heterocycles. The van der Waals surface area contributed by atoms with E-state index in [-0.39, 0.29) is 5.54 Å². The van der Waals surface area contributed by atoms with E-state index in [2.05, 4.69) is 27.5 Å². The van der Waals surface area contributed by atoms with Crippen LogP contribution in [-0.2, 0) is 6.42 Å². The summed E-state index contributed by atoms with van der Waals surface area (Å²) in [6, 6.07) is 1.98. The number of fused-ring (bicyclic) bond motifs is 1. The van der Waals surface area contributed by atoms with Crippen molar-refractivity contribution in [3.63, 3.8) is 0 Å². The third-order valence-electron chi connectivity index (χ3n) is 4.35. The van der Waals surface area contributed by atoms with Gasteiger partial charge in [0.05, 0.1) is 0 Å². The quantitative estimate of drug-likeness (QED) is 0.914. The second kappa shape index (κ2) is 4.89. The molecule has 102 valence electrons. The van der Waals surface area contributed by atoms with Crippen molar-refractivity contribution in [1.29, 1.82) is 0 Å². The van der Waals surface area contributed by atoms with Crippen molar-refractivity contribution < 1.29 is 0 Å². The lowest BCUT2D eigenvalue weighted by Gasteiger charge is -2.36. The third kappa shape index (κ3) is 2.34. The van der Waals surface area contributed by atoms with E-state index in [9.17, 15) is 0 Å². The zero-order valence-electron chi connectivity index (χ0n) is 11.7. The summed E-state index contributed by atoms with van der Waals surface area (Å²) in [6.07, 6.45) is 9.16. The van der Waals surface area contributed by atoms with Crippen molar-refractivity contribution in [3.05, 3.63) is 23.9 Å². The third-order valence-corrected chi connectivity index (χ3v) is 4.35. The Bertz CT molecular complexity index is 568. The van der Waals surface area contributed by atoms with Gasteiger partial charge in [-0.2, -0.15) is 0 Å². The predicted molar refractivity (Wildman–Crippen MR) is 74.1 cm³/mol. The van der Waals surface area contributed by atoms with Crippen LogP contribution in [0.25, 0.3) is 5.65 Å². The maximum atomic E-state index is 4.36. The Morgan fingerprint density at radius 3 is 2.79 bits per heavy atom. The summed E-state index contributed by atoms with van der Waals surface area (Å²) in [5, 5.41) is 12.1. The zero-order valence-corrected chi connectivity index (χ0v) is 11.7. The summed E-state index contributed by atoms with van der Waals surface area (Å²) in [5.41, 5.74) is 2.06. The van der Waals surface area contributed by atoms with Gasteiger partial charge in [0.2, 0.25) is 0 Å². The molecule has 5 heteroatoms. The number of hydrogen-bond acceptors (Lipinski definition) is 4. The summed E-state index contributed by atoms with van der Waals surface area (Å²) in [7, 11) is 2.07. The summed E-state index contributed by atoms with van der Waals surface area (Å²) >= 11 is 0. The van der Waals surface area contributed by atoms with Crippen LogP contribution >= 0.6 is 0 Å². The lowest BCUT2D eigenvalue weighted by molar-refractivity contribution is 0.240. The van der Waals surface area contributed by atoms with Gasteiger partial charge in [0.1, 0.15) is 12.2 Å². The SMILES string of the molecule is CNC1(Cc2nnc3cc(C)ncn23)CCCCC1. The minimum Gasteiger partial charge on any atom is -0.314 e. The van der Waals surface area contributed by atoms with Gasteiger partial charge >= 0.3 is 0 Å². The van der Waals surface area contributed by atoms with Crippen molar-refractivity contribution in [2.45, 2.75) is 51.0 Å². The maximum absolute atomic E-state index is 4.36. The molecule has 1 N–H and O–H groups in total. The van der Waals surface area contributed by atoms with Gasteiger partial charge in [-0.05, 0) is 26.8 Å². The molecule has 1 saturated carbocycles. The van der Waals surface area contributed by atoms with Crippen LogP contribution in [0.5, 0.6) is 0 Å². The van der Waals surface area contributed by atoms with Crippen LogP contribution in [0.2, 0.25) is 0 Å². The fraction of sp³-hybridized carbons (Fsp3) is 0.643. The molecule has 3 rings (SSSR count). The number of nitrogens with zero attached hydrogens (tertiary/aromatic N) is 4. The first-order chi connectivity index (χ1) is 9.22. The first kappa shape index (κ1) is 12.5. The van der Waals surface area contributed by atoms with Crippen LogP contribution in [0.15, 0.2) is 12.4 Å². The highest BCUT2D eigenvalue weighted by Gasteiger charge is 2.32. The average Bonchev–Trinajstić information content (AvgIpc) is 2.82. The second-order valence-corrected chi connectivity index (χ2v) is 5.64. The first-order valence-corrected chi connectivity index (χ1v) is 7.08. The van der Waals surface area contributed by atoms with Crippen molar-refractivity contribution >= 4 is 5.65 Å². The minimum absolute atomic E-state index is 0.187. The van der Waals surface area contributed by atoms with Crippen LogP contribution in [0.1, 0.15) is 43.6 Å². The van der Waals surface area contributed by atoms with Crippen molar-refractivity contribution in [3.8, 4) is 0 Å². The Morgan fingerprint density at radius 1 is 1.26 bits per heavy atom. The standard InChI is InChI=1S/C14H21N5/c1-11-8-12-17-18-13(19(12)10-16-11)9-14(15-2)6-4-3-5-7-14/h8,10,15H,3-7,9H2,1-2H3. The molecule has 1 fully saturated rings. The molecule has 0 atom stereocenters. The van der Waals surface area contributed by atoms with E-state index in [1.54, 1.807) is 0 Å². The van der Waals surface area contributed by atoms with Gasteiger partial charge < -0.3 is 5.32 Å². The molecule has 2 aromatic heterocycles. The molecule has 2 aromatic rings. The van der Waals surface area contributed by atoms with E-state index >= 15 is 0 Å². The largest absolute Gasteiger partial charge is 0.314 e. The lowest BCUT2D eigenvalue weighted by atomic mass is 9.79. The van der Waals surface area contributed by atoms with Crippen molar-refractivity contribution in [1.82, 2.24) is 24.9 Å². The van der Waals surface area contributed by atoms with Gasteiger partial charge in [0.25, 0.3) is 0 Å². The molecular weight excluding hydrogens is 238 g/mol. The first-order valence-electron chi connectivity index (χ1n) is 7.08. The fourth-order valence-electron chi connectivity index (χ4n) is 3.10. The maximum Gasteiger partial charge on any atom is 0.163 e. The van der Waals surface area contributed by atoms with Crippen molar-refractivity contribution in [2.75, 3.05) is 7.05 Å². The van der Waals surface area contributed by atoms with Gasteiger partial charge in [-0.3, -0.25) is 4.40 Å². The van der Waals surface area contributed by atoms with Crippen molar-refractivity contribution in [2.24, 2.45) is 0 Å². The molecule has 0 amide bonds. The molecule has 0 unspecified atom stereocenters. The Morgan fingerprint density at radius 2 is 2.05 bits per heavy atom. The van der Waals surface area contributed by atoms with Gasteiger partial charge in [-0.15, -0.1) is 10.2 Å². The number of likely N-dealkylation sites (N-methyl/N-ethyl adjacent to an activating group) is 1. The Kier molecular flexibility index (Phi) is 3.22. The van der Waals surface area contributed by atoms with Crippen LogP contribution in [-0.4, -0.2) is 32.2 Å². The van der Waals surface area contributed by atoms with E-state index in [1.807, 2.05) is 23.7 Å². The van der Waals surface area contributed by atoms with Gasteiger partial charge in [-0.1, -0.05) is 19.3 Å². The molecule has 0 spiro atoms. The Labute approximate surface area is 113 Å². The molecule has 1 aliphatic rings.